The molecule has 1 rings (SSSR count). The highest BCUT2D eigenvalue weighted by molar-refractivity contribution is 5.92. The van der Waals surface area contributed by atoms with Crippen molar-refractivity contribution < 1.29 is 14.7 Å². The predicted octanol–water partition coefficient (Wildman–Crippen LogP) is 1.20. The fourth-order valence-corrected chi connectivity index (χ4v) is 1.56. The number of carboxylic acids is 1. The highest BCUT2D eigenvalue weighted by atomic mass is 16.4. The maximum Gasteiger partial charge on any atom is 0.317 e. The summed E-state index contributed by atoms with van der Waals surface area (Å²) in [4.78, 5) is 23.5. The third kappa shape index (κ3) is 4.97. The van der Waals surface area contributed by atoms with Crippen LogP contribution in [0.5, 0.6) is 0 Å². The summed E-state index contributed by atoms with van der Waals surface area (Å²) >= 11 is 0. The monoisotopic (exact) mass is 250 g/mol. The molecule has 0 aliphatic carbocycles. The maximum atomic E-state index is 11.6. The van der Waals surface area contributed by atoms with Crippen LogP contribution in [0.15, 0.2) is 24.3 Å². The van der Waals surface area contributed by atoms with Crippen LogP contribution in [-0.4, -0.2) is 42.0 Å². The molecule has 0 spiro atoms. The van der Waals surface area contributed by atoms with Crippen molar-refractivity contribution in [2.24, 2.45) is 0 Å². The summed E-state index contributed by atoms with van der Waals surface area (Å²) in [5.41, 5.74) is 1.93. The van der Waals surface area contributed by atoms with Gasteiger partial charge in [-0.05, 0) is 31.2 Å². The number of carbonyl (C=O) groups excluding carboxylic acids is 1. The fraction of sp³-hybridized carbons (Fsp3) is 0.385. The second kappa shape index (κ2) is 6.76. The number of benzene rings is 1. The van der Waals surface area contributed by atoms with E-state index >= 15 is 0 Å². The molecule has 18 heavy (non-hydrogen) atoms. The maximum absolute atomic E-state index is 11.6. The van der Waals surface area contributed by atoms with E-state index in [2.05, 4.69) is 12.2 Å². The number of aryl methyl sites for hydroxylation is 1. The van der Waals surface area contributed by atoms with Crippen molar-refractivity contribution in [2.75, 3.05) is 25.5 Å². The Morgan fingerprint density at radius 1 is 1.22 bits per heavy atom. The highest BCUT2D eigenvalue weighted by Gasteiger charge is 2.09. The Kier molecular flexibility index (Phi) is 5.32. The number of likely N-dealkylation sites (N-methyl/N-ethyl adjacent to an activating group) is 1. The predicted molar refractivity (Wildman–Crippen MR) is 69.6 cm³/mol. The van der Waals surface area contributed by atoms with Crippen molar-refractivity contribution in [1.82, 2.24) is 4.90 Å². The quantitative estimate of drug-likeness (QED) is 0.796. The minimum absolute atomic E-state index is 0.0574. The van der Waals surface area contributed by atoms with E-state index in [4.69, 9.17) is 5.11 Å². The molecule has 0 radical (unpaired) electrons. The van der Waals surface area contributed by atoms with Gasteiger partial charge < -0.3 is 10.4 Å². The van der Waals surface area contributed by atoms with E-state index in [0.29, 0.717) is 0 Å². The van der Waals surface area contributed by atoms with Gasteiger partial charge in [0.05, 0.1) is 13.1 Å². The Morgan fingerprint density at radius 3 is 2.33 bits per heavy atom. The minimum Gasteiger partial charge on any atom is -0.480 e. The van der Waals surface area contributed by atoms with Crippen LogP contribution in [0, 0.1) is 0 Å². The second-order valence-electron chi connectivity index (χ2n) is 4.16. The lowest BCUT2D eigenvalue weighted by atomic mass is 10.1. The summed E-state index contributed by atoms with van der Waals surface area (Å²) in [6, 6.07) is 7.59. The largest absolute Gasteiger partial charge is 0.480 e. The van der Waals surface area contributed by atoms with Gasteiger partial charge in [0.2, 0.25) is 5.91 Å². The zero-order valence-corrected chi connectivity index (χ0v) is 10.6. The van der Waals surface area contributed by atoms with Gasteiger partial charge in [0.15, 0.2) is 0 Å². The third-order valence-corrected chi connectivity index (χ3v) is 2.46. The van der Waals surface area contributed by atoms with Crippen LogP contribution in [0.4, 0.5) is 5.69 Å². The fourth-order valence-electron chi connectivity index (χ4n) is 1.56. The molecule has 0 saturated heterocycles. The minimum atomic E-state index is -0.947. The smallest absolute Gasteiger partial charge is 0.317 e. The highest BCUT2D eigenvalue weighted by Crippen LogP contribution is 2.09. The van der Waals surface area contributed by atoms with Gasteiger partial charge in [-0.1, -0.05) is 19.1 Å². The van der Waals surface area contributed by atoms with Crippen LogP contribution in [0.2, 0.25) is 0 Å². The van der Waals surface area contributed by atoms with Crippen molar-refractivity contribution in [1.29, 1.82) is 0 Å². The first kappa shape index (κ1) is 14.2. The molecule has 2 N–H and O–H groups in total. The first-order chi connectivity index (χ1) is 8.51. The lowest BCUT2D eigenvalue weighted by Gasteiger charge is -2.13. The average Bonchev–Trinajstić information content (AvgIpc) is 2.28. The summed E-state index contributed by atoms with van der Waals surface area (Å²) < 4.78 is 0. The van der Waals surface area contributed by atoms with Crippen molar-refractivity contribution in [3.8, 4) is 0 Å². The van der Waals surface area contributed by atoms with Crippen LogP contribution in [0.3, 0.4) is 0 Å². The molecule has 0 aliphatic rings. The first-order valence-electron chi connectivity index (χ1n) is 5.80. The van der Waals surface area contributed by atoms with E-state index in [0.717, 1.165) is 12.1 Å². The molecule has 5 heteroatoms. The van der Waals surface area contributed by atoms with Crippen LogP contribution < -0.4 is 5.32 Å². The normalized spacial score (nSPS) is 10.4. The number of hydrogen-bond donors (Lipinski definition) is 2. The molecule has 0 fully saturated rings. The molecule has 0 bridgehead atoms. The molecule has 98 valence electrons. The standard InChI is InChI=1S/C13H18N2O3/c1-3-10-4-6-11(7-5-10)14-12(16)8-15(2)9-13(17)18/h4-7H,3,8-9H2,1-2H3,(H,14,16)(H,17,18). The van der Waals surface area contributed by atoms with Crippen LogP contribution >= 0.6 is 0 Å². The Labute approximate surface area is 106 Å². The van der Waals surface area contributed by atoms with Gasteiger partial charge in [-0.15, -0.1) is 0 Å². The van der Waals surface area contributed by atoms with Gasteiger partial charge in [-0.25, -0.2) is 0 Å². The molecule has 0 heterocycles. The number of aliphatic carboxylic acids is 1. The Bertz CT molecular complexity index is 415. The molecule has 1 aromatic rings. The summed E-state index contributed by atoms with van der Waals surface area (Å²) in [6.07, 6.45) is 0.954. The lowest BCUT2D eigenvalue weighted by molar-refractivity contribution is -0.138. The summed E-state index contributed by atoms with van der Waals surface area (Å²) in [6.45, 7) is 1.97. The van der Waals surface area contributed by atoms with Crippen molar-refractivity contribution in [3.05, 3.63) is 29.8 Å². The molecule has 0 aromatic heterocycles. The summed E-state index contributed by atoms with van der Waals surface area (Å²) in [5, 5.41) is 11.3. The molecule has 5 nitrogen and oxygen atoms in total. The Morgan fingerprint density at radius 2 is 1.83 bits per heavy atom. The number of rotatable bonds is 6. The molecule has 0 saturated carbocycles. The molecular weight excluding hydrogens is 232 g/mol. The van der Waals surface area contributed by atoms with E-state index in [9.17, 15) is 9.59 Å². The van der Waals surface area contributed by atoms with Crippen molar-refractivity contribution in [3.63, 3.8) is 0 Å². The molecular formula is C13H18N2O3. The van der Waals surface area contributed by atoms with Gasteiger partial charge in [0, 0.05) is 5.69 Å². The van der Waals surface area contributed by atoms with Crippen molar-refractivity contribution >= 4 is 17.6 Å². The van der Waals surface area contributed by atoms with E-state index in [1.165, 1.54) is 10.5 Å². The third-order valence-electron chi connectivity index (χ3n) is 2.46. The lowest BCUT2D eigenvalue weighted by Crippen LogP contribution is -2.33. The molecule has 0 atom stereocenters. The van der Waals surface area contributed by atoms with E-state index < -0.39 is 5.97 Å². The zero-order valence-electron chi connectivity index (χ0n) is 10.6. The number of nitrogens with zero attached hydrogens (tertiary/aromatic N) is 1. The van der Waals surface area contributed by atoms with E-state index in [-0.39, 0.29) is 19.0 Å². The molecule has 1 amide bonds. The van der Waals surface area contributed by atoms with Gasteiger partial charge in [-0.2, -0.15) is 0 Å². The van der Waals surface area contributed by atoms with Crippen LogP contribution in [-0.2, 0) is 16.0 Å². The first-order valence-corrected chi connectivity index (χ1v) is 5.80. The number of amides is 1. The van der Waals surface area contributed by atoms with Gasteiger partial charge >= 0.3 is 5.97 Å². The van der Waals surface area contributed by atoms with Gasteiger partial charge in [0.1, 0.15) is 0 Å². The van der Waals surface area contributed by atoms with E-state index in [1.54, 1.807) is 7.05 Å². The van der Waals surface area contributed by atoms with Crippen LogP contribution in [0.1, 0.15) is 12.5 Å². The topological polar surface area (TPSA) is 69.6 Å². The van der Waals surface area contributed by atoms with Gasteiger partial charge in [0.25, 0.3) is 0 Å². The van der Waals surface area contributed by atoms with E-state index in [1.807, 2.05) is 24.3 Å². The Hall–Kier alpha value is -1.88. The number of anilines is 1. The summed E-state index contributed by atoms with van der Waals surface area (Å²) in [5.74, 6) is -1.17. The van der Waals surface area contributed by atoms with Crippen LogP contribution in [0.25, 0.3) is 0 Å². The second-order valence-corrected chi connectivity index (χ2v) is 4.16. The zero-order chi connectivity index (χ0) is 13.5. The number of nitrogens with one attached hydrogen (secondary N) is 1. The van der Waals surface area contributed by atoms with Crippen molar-refractivity contribution in [2.45, 2.75) is 13.3 Å². The number of hydrogen-bond acceptors (Lipinski definition) is 3. The number of carboxylic acid groups (broad SMARTS) is 1. The SMILES string of the molecule is CCc1ccc(NC(=O)CN(C)CC(=O)O)cc1. The molecule has 1 aromatic carbocycles. The molecule has 0 unspecified atom stereocenters. The average molecular weight is 250 g/mol. The summed E-state index contributed by atoms with van der Waals surface area (Å²) in [7, 11) is 1.59. The Balaban J connectivity index is 2.46. The molecule has 0 aliphatic heterocycles. The number of carbonyl (C=O) groups is 2. The van der Waals surface area contributed by atoms with Gasteiger partial charge in [-0.3, -0.25) is 14.5 Å².